The number of nitriles is 1. The molecule has 2 fully saturated rings. The van der Waals surface area contributed by atoms with Crippen molar-refractivity contribution in [2.45, 2.75) is 58.1 Å². The molecule has 0 radical (unpaired) electrons. The highest BCUT2D eigenvalue weighted by molar-refractivity contribution is 7.84. The molecule has 0 spiro atoms. The number of ether oxygens (including phenoxy) is 2. The molecule has 7 nitrogen and oxygen atoms in total. The van der Waals surface area contributed by atoms with E-state index in [1.165, 1.54) is 17.3 Å². The molecule has 1 saturated carbocycles. The van der Waals surface area contributed by atoms with Gasteiger partial charge in [0.05, 0.1) is 24.7 Å². The summed E-state index contributed by atoms with van der Waals surface area (Å²) in [6.45, 7) is 9.71. The van der Waals surface area contributed by atoms with Crippen LogP contribution in [0.15, 0.2) is 82.7 Å². The van der Waals surface area contributed by atoms with Crippen LogP contribution in [0.1, 0.15) is 62.1 Å². The first-order valence-corrected chi connectivity index (χ1v) is 17.5. The zero-order chi connectivity index (χ0) is 30.4. The number of allylic oxidation sites excluding steroid dienone is 1. The highest BCUT2D eigenvalue weighted by Gasteiger charge is 2.29. The van der Waals surface area contributed by atoms with Crippen LogP contribution in [0.2, 0.25) is 0 Å². The zero-order valence-corrected chi connectivity index (χ0v) is 26.4. The topological polar surface area (TPSA) is 96.2 Å². The van der Waals surface area contributed by atoms with Crippen molar-refractivity contribution in [1.82, 2.24) is 4.90 Å². The monoisotopic (exact) mass is 597 g/mol. The first-order valence-electron chi connectivity index (χ1n) is 15.3. The van der Waals surface area contributed by atoms with Gasteiger partial charge in [-0.05, 0) is 85.6 Å². The lowest BCUT2D eigenvalue weighted by atomic mass is 9.79. The number of benzene rings is 2. The molecule has 2 N–H and O–H groups in total. The maximum atomic E-state index is 10.3. The first kappa shape index (κ1) is 31.0. The number of hydrogen-bond donors (Lipinski definition) is 1. The molecule has 2 heterocycles. The highest BCUT2D eigenvalue weighted by Crippen LogP contribution is 2.48. The van der Waals surface area contributed by atoms with Crippen LogP contribution in [0.4, 0.5) is 0 Å². The van der Waals surface area contributed by atoms with Gasteiger partial charge in [0.1, 0.15) is 11.8 Å². The molecule has 0 bridgehead atoms. The number of aliphatic imine (C=N–C) groups is 2. The summed E-state index contributed by atoms with van der Waals surface area (Å²) in [5.74, 6) is 4.17. The van der Waals surface area contributed by atoms with Crippen LogP contribution >= 0.6 is 6.89 Å². The molecule has 226 valence electrons. The van der Waals surface area contributed by atoms with Gasteiger partial charge in [-0.1, -0.05) is 55.3 Å². The lowest BCUT2D eigenvalue weighted by molar-refractivity contribution is 0.0342. The van der Waals surface area contributed by atoms with Gasteiger partial charge in [0, 0.05) is 38.4 Å². The summed E-state index contributed by atoms with van der Waals surface area (Å²) in [5, 5.41) is 11.5. The van der Waals surface area contributed by atoms with Crippen LogP contribution in [0.25, 0.3) is 0 Å². The van der Waals surface area contributed by atoms with E-state index in [2.05, 4.69) is 77.1 Å². The fourth-order valence-electron chi connectivity index (χ4n) is 6.46. The third kappa shape index (κ3) is 7.39. The summed E-state index contributed by atoms with van der Waals surface area (Å²) in [6.07, 6.45) is 11.2. The molecule has 2 aromatic rings. The Bertz CT molecular complexity index is 1480. The predicted octanol–water partition coefficient (Wildman–Crippen LogP) is 5.99. The fourth-order valence-corrected chi connectivity index (χ4v) is 8.90. The van der Waals surface area contributed by atoms with Crippen molar-refractivity contribution in [3.05, 3.63) is 89.4 Å². The molecule has 1 saturated heterocycles. The average molecular weight is 598 g/mol. The molecule has 43 heavy (non-hydrogen) atoms. The Morgan fingerprint density at radius 1 is 1.16 bits per heavy atom. The predicted molar refractivity (Wildman–Crippen MR) is 179 cm³/mol. The number of nitrogens with zero attached hydrogens (tertiary/aromatic N) is 4. The lowest BCUT2D eigenvalue weighted by Crippen LogP contribution is -2.35. The molecule has 2 aromatic carbocycles. The Morgan fingerprint density at radius 2 is 1.88 bits per heavy atom. The van der Waals surface area contributed by atoms with E-state index < -0.39 is 6.89 Å². The summed E-state index contributed by atoms with van der Waals surface area (Å²) in [4.78, 5) is 11.4. The van der Waals surface area contributed by atoms with Gasteiger partial charge >= 0.3 is 0 Å². The number of rotatable bonds is 8. The second kappa shape index (κ2) is 13.9. The van der Waals surface area contributed by atoms with Gasteiger partial charge in [-0.2, -0.15) is 5.26 Å². The number of morpholine rings is 1. The van der Waals surface area contributed by atoms with E-state index in [1.54, 1.807) is 6.92 Å². The van der Waals surface area contributed by atoms with Gasteiger partial charge in [0.2, 0.25) is 5.90 Å². The van der Waals surface area contributed by atoms with Crippen LogP contribution in [-0.4, -0.2) is 61.4 Å². The van der Waals surface area contributed by atoms with E-state index in [9.17, 15) is 5.26 Å². The molecule has 8 heteroatoms. The van der Waals surface area contributed by atoms with Crippen molar-refractivity contribution >= 4 is 30.1 Å². The maximum absolute atomic E-state index is 10.3. The second-order valence-corrected chi connectivity index (χ2v) is 15.1. The molecule has 5 rings (SSSR count). The molecule has 2 unspecified atom stereocenters. The number of nitrogens with two attached hydrogens (primary N) is 1. The van der Waals surface area contributed by atoms with Crippen molar-refractivity contribution < 1.29 is 9.47 Å². The molecular weight excluding hydrogens is 553 g/mol. The molecule has 2 atom stereocenters. The van der Waals surface area contributed by atoms with Gasteiger partial charge in [-0.25, -0.2) is 9.98 Å². The molecule has 0 amide bonds. The molecule has 3 aliphatic rings. The van der Waals surface area contributed by atoms with Crippen molar-refractivity contribution in [3.63, 3.8) is 0 Å². The van der Waals surface area contributed by atoms with Crippen LogP contribution in [0, 0.1) is 17.0 Å². The molecule has 1 aliphatic carbocycles. The second-order valence-electron chi connectivity index (χ2n) is 12.1. The summed E-state index contributed by atoms with van der Waals surface area (Å²) in [7, 11) is 0. The van der Waals surface area contributed by atoms with Gasteiger partial charge in [-0.15, -0.1) is 0 Å². The maximum Gasteiger partial charge on any atom is 0.242 e. The normalized spacial score (nSPS) is 26.5. The van der Waals surface area contributed by atoms with E-state index in [4.69, 9.17) is 20.2 Å². The largest absolute Gasteiger partial charge is 0.467 e. The minimum Gasteiger partial charge on any atom is -0.467 e. The Hall–Kier alpha value is -3.43. The van der Waals surface area contributed by atoms with Crippen LogP contribution in [0.3, 0.4) is 0 Å². The fraction of sp³-hybridized carbons (Fsp3) is 0.429. The third-order valence-corrected chi connectivity index (χ3v) is 11.7. The van der Waals surface area contributed by atoms with E-state index in [0.717, 1.165) is 81.3 Å². The van der Waals surface area contributed by atoms with E-state index in [0.29, 0.717) is 29.1 Å². The summed E-state index contributed by atoms with van der Waals surface area (Å²) >= 11 is 0. The van der Waals surface area contributed by atoms with Gasteiger partial charge in [0.25, 0.3) is 0 Å². The van der Waals surface area contributed by atoms with Crippen molar-refractivity contribution in [2.24, 2.45) is 21.6 Å². The van der Waals surface area contributed by atoms with E-state index in [1.807, 2.05) is 6.92 Å². The van der Waals surface area contributed by atoms with Crippen LogP contribution in [0.5, 0.6) is 0 Å². The quantitative estimate of drug-likeness (QED) is 0.377. The first-order chi connectivity index (χ1) is 20.8. The van der Waals surface area contributed by atoms with Gasteiger partial charge in [0.15, 0.2) is 0 Å². The standard InChI is InChI=1S/C35H44N5O2P/c1-5-38-35-33(25(2)37)39-34(26(3)42-35)31-15-13-30(14-16-31)29-11-9-27(10-12-29)23-43(4,24-36)32-8-6-7-28(21-32)22-40-17-19-41-20-18-40/h5-8,13-16,21,26-27,29H,1,4,9-12,17-20,22-23,37H2,2-3H3/b33-25-,38-35+/t26?,27-,29-,43?. The summed E-state index contributed by atoms with van der Waals surface area (Å²) < 4.78 is 11.5. The van der Waals surface area contributed by atoms with Gasteiger partial charge in [-0.3, -0.25) is 4.90 Å². The smallest absolute Gasteiger partial charge is 0.242 e. The Kier molecular flexibility index (Phi) is 10.0. The Balaban J connectivity index is 1.21. The Labute approximate surface area is 256 Å². The lowest BCUT2D eigenvalue weighted by Gasteiger charge is -2.32. The zero-order valence-electron chi connectivity index (χ0n) is 25.5. The van der Waals surface area contributed by atoms with Crippen LogP contribution in [-0.2, 0) is 16.0 Å². The molecule has 2 aliphatic heterocycles. The molecule has 0 aromatic heterocycles. The van der Waals surface area contributed by atoms with Gasteiger partial charge < -0.3 is 15.2 Å². The molecular formula is C35H44N5O2P. The Morgan fingerprint density at radius 3 is 2.53 bits per heavy atom. The van der Waals surface area contributed by atoms with E-state index in [-0.39, 0.29) is 6.10 Å². The minimum absolute atomic E-state index is 0.241. The SMILES string of the molecule is C=C/N=C1/OC(C)C(c2ccc([C@H]3CC[C@H](CP(=C)(C#N)c4cccc(CN5CCOCC5)c4)CC3)cc2)=N/C1=C(/C)N. The van der Waals surface area contributed by atoms with Crippen molar-refractivity contribution in [2.75, 3.05) is 32.5 Å². The average Bonchev–Trinajstić information content (AvgIpc) is 3.02. The third-order valence-electron chi connectivity index (χ3n) is 8.89. The highest BCUT2D eigenvalue weighted by atomic mass is 31.2. The summed E-state index contributed by atoms with van der Waals surface area (Å²) in [6, 6.07) is 17.4. The van der Waals surface area contributed by atoms with E-state index >= 15 is 0 Å². The van der Waals surface area contributed by atoms with Crippen molar-refractivity contribution in [1.29, 1.82) is 5.26 Å². The summed E-state index contributed by atoms with van der Waals surface area (Å²) in [5.41, 5.74) is 11.7. The minimum atomic E-state index is -2.13. The van der Waals surface area contributed by atoms with Crippen LogP contribution < -0.4 is 11.0 Å². The number of hydrogen-bond acceptors (Lipinski definition) is 7. The van der Waals surface area contributed by atoms with Crippen molar-refractivity contribution in [3.8, 4) is 5.81 Å².